The van der Waals surface area contributed by atoms with Crippen LogP contribution in [-0.2, 0) is 26.2 Å². The van der Waals surface area contributed by atoms with Gasteiger partial charge in [-0.25, -0.2) is 13.6 Å². The summed E-state index contributed by atoms with van der Waals surface area (Å²) in [6.45, 7) is 9.13. The maximum Gasteiger partial charge on any atom is 0.410 e. The third-order valence-corrected chi connectivity index (χ3v) is 10.2. The molecule has 2 atom stereocenters. The summed E-state index contributed by atoms with van der Waals surface area (Å²) in [6, 6.07) is 4.57. The van der Waals surface area contributed by atoms with Crippen LogP contribution < -0.4 is 10.9 Å². The lowest BCUT2D eigenvalue weighted by atomic mass is 9.74. The number of ether oxygens (including phenoxy) is 2. The molecule has 14 heteroatoms. The van der Waals surface area contributed by atoms with Gasteiger partial charge in [0.05, 0.1) is 29.8 Å². The average Bonchev–Trinajstić information content (AvgIpc) is 3.32. The lowest BCUT2D eigenvalue weighted by Crippen LogP contribution is -2.48. The number of aromatic nitrogens is 4. The van der Waals surface area contributed by atoms with Crippen LogP contribution in [0.25, 0.3) is 11.4 Å². The Bertz CT molecular complexity index is 1910. The number of carbonyl (C=O) groups excluding carboxylic acids is 2. The summed E-state index contributed by atoms with van der Waals surface area (Å²) < 4.78 is 41.4. The standard InChI is InChI=1S/C34H39ClF2N6O5/c1-19-16-33(9-11-41(12-10-33)31(46)48-32(2,3)4)26-27(19)42(30-39-28(40-43(30)29(26)45)20-7-13-47-14-8-20)18-25(44)38-24-6-5-21(15-23(24)35)22-17-34(22,36)37/h5-7,15,19,22H,8-14,16-18H2,1-4H3,(H,38,44)/t19-,22?/m0/s1. The fourth-order valence-electron chi connectivity index (χ4n) is 7.55. The van der Waals surface area contributed by atoms with Crippen molar-refractivity contribution in [2.24, 2.45) is 0 Å². The van der Waals surface area contributed by atoms with Crippen LogP contribution in [0.1, 0.15) is 94.3 Å². The predicted octanol–water partition coefficient (Wildman–Crippen LogP) is 5.89. The van der Waals surface area contributed by atoms with E-state index in [1.165, 1.54) is 16.6 Å². The molecule has 48 heavy (non-hydrogen) atoms. The Morgan fingerprint density at radius 2 is 1.92 bits per heavy atom. The van der Waals surface area contributed by atoms with Crippen LogP contribution in [0.15, 0.2) is 29.1 Å². The van der Waals surface area contributed by atoms with Gasteiger partial charge in [0, 0.05) is 36.2 Å². The first-order valence-electron chi connectivity index (χ1n) is 16.4. The molecule has 2 fully saturated rings. The number of hydrogen-bond acceptors (Lipinski definition) is 7. The van der Waals surface area contributed by atoms with E-state index in [1.54, 1.807) is 15.5 Å². The van der Waals surface area contributed by atoms with Crippen molar-refractivity contribution in [3.05, 3.63) is 62.3 Å². The monoisotopic (exact) mass is 684 g/mol. The Labute approximate surface area is 281 Å². The maximum atomic E-state index is 14.4. The number of amides is 2. The normalized spacial score (nSPS) is 22.8. The number of halogens is 3. The van der Waals surface area contributed by atoms with E-state index in [0.717, 1.165) is 11.3 Å². The van der Waals surface area contributed by atoms with Crippen LogP contribution in [-0.4, -0.2) is 73.9 Å². The second-order valence-electron chi connectivity index (χ2n) is 14.5. The zero-order valence-corrected chi connectivity index (χ0v) is 28.2. The van der Waals surface area contributed by atoms with Gasteiger partial charge in [-0.3, -0.25) is 9.59 Å². The highest BCUT2D eigenvalue weighted by Crippen LogP contribution is 2.56. The molecule has 3 aromatic rings. The highest BCUT2D eigenvalue weighted by atomic mass is 35.5. The molecule has 256 valence electrons. The Morgan fingerprint density at radius 1 is 1.19 bits per heavy atom. The van der Waals surface area contributed by atoms with Crippen LogP contribution >= 0.6 is 11.6 Å². The number of nitrogens with zero attached hydrogens (tertiary/aromatic N) is 5. The van der Waals surface area contributed by atoms with Gasteiger partial charge in [0.25, 0.3) is 11.5 Å². The number of alkyl halides is 2. The Morgan fingerprint density at radius 3 is 2.54 bits per heavy atom. The lowest BCUT2D eigenvalue weighted by Gasteiger charge is -2.40. The summed E-state index contributed by atoms with van der Waals surface area (Å²) in [6.07, 6.45) is 3.68. The van der Waals surface area contributed by atoms with Gasteiger partial charge in [-0.2, -0.15) is 9.50 Å². The molecule has 1 unspecified atom stereocenters. The van der Waals surface area contributed by atoms with Gasteiger partial charge in [-0.05, 0) is 75.6 Å². The van der Waals surface area contributed by atoms with Crippen LogP contribution in [0.4, 0.5) is 19.3 Å². The number of nitrogens with one attached hydrogen (secondary N) is 1. The van der Waals surface area contributed by atoms with Crippen molar-refractivity contribution in [1.82, 2.24) is 24.1 Å². The minimum Gasteiger partial charge on any atom is -0.444 e. The van der Waals surface area contributed by atoms with E-state index in [2.05, 4.69) is 10.4 Å². The molecule has 2 aliphatic carbocycles. The second-order valence-corrected chi connectivity index (χ2v) is 14.9. The molecule has 2 aliphatic heterocycles. The van der Waals surface area contributed by atoms with Gasteiger partial charge < -0.3 is 24.3 Å². The number of fused-ring (bicyclic) bond motifs is 3. The van der Waals surface area contributed by atoms with Crippen molar-refractivity contribution in [1.29, 1.82) is 0 Å². The van der Waals surface area contributed by atoms with E-state index in [-0.39, 0.29) is 41.3 Å². The fraction of sp³-hybridized carbons (Fsp3) is 0.559. The molecule has 4 heterocycles. The zero-order valence-electron chi connectivity index (χ0n) is 27.4. The number of likely N-dealkylation sites (tertiary alicyclic amines) is 1. The molecule has 1 N–H and O–H groups in total. The number of carbonyl (C=O) groups is 2. The quantitative estimate of drug-likeness (QED) is 0.356. The molecule has 2 aromatic heterocycles. The number of rotatable bonds is 5. The molecule has 1 saturated carbocycles. The summed E-state index contributed by atoms with van der Waals surface area (Å²) >= 11 is 6.44. The van der Waals surface area contributed by atoms with Crippen LogP contribution in [0.3, 0.4) is 0 Å². The van der Waals surface area contributed by atoms with Gasteiger partial charge in [-0.15, -0.1) is 5.10 Å². The van der Waals surface area contributed by atoms with E-state index in [4.69, 9.17) is 26.1 Å². The minimum atomic E-state index is -2.73. The third-order valence-electron chi connectivity index (χ3n) is 9.90. The second kappa shape index (κ2) is 11.6. The third kappa shape index (κ3) is 5.89. The van der Waals surface area contributed by atoms with Crippen molar-refractivity contribution < 1.29 is 27.8 Å². The van der Waals surface area contributed by atoms with E-state index < -0.39 is 28.8 Å². The van der Waals surface area contributed by atoms with Crippen molar-refractivity contribution >= 4 is 40.6 Å². The molecule has 7 rings (SSSR count). The van der Waals surface area contributed by atoms with E-state index in [1.807, 2.05) is 33.8 Å². The smallest absolute Gasteiger partial charge is 0.410 e. The van der Waals surface area contributed by atoms with Gasteiger partial charge in [0.1, 0.15) is 12.1 Å². The predicted molar refractivity (Wildman–Crippen MR) is 175 cm³/mol. The van der Waals surface area contributed by atoms with E-state index >= 15 is 0 Å². The number of anilines is 1. The van der Waals surface area contributed by atoms with Crippen molar-refractivity contribution in [3.63, 3.8) is 0 Å². The molecular weight excluding hydrogens is 646 g/mol. The molecular formula is C34H39ClF2N6O5. The first kappa shape index (κ1) is 32.7. The van der Waals surface area contributed by atoms with Gasteiger partial charge in [-0.1, -0.05) is 30.7 Å². The molecule has 1 saturated heterocycles. The number of piperidine rings is 1. The summed E-state index contributed by atoms with van der Waals surface area (Å²) in [4.78, 5) is 47.4. The maximum absolute atomic E-state index is 14.4. The van der Waals surface area contributed by atoms with E-state index in [0.29, 0.717) is 74.6 Å². The fourth-order valence-corrected chi connectivity index (χ4v) is 7.78. The van der Waals surface area contributed by atoms with Crippen molar-refractivity contribution in [2.75, 3.05) is 31.6 Å². The van der Waals surface area contributed by atoms with Gasteiger partial charge in [0.2, 0.25) is 11.7 Å². The highest BCUT2D eigenvalue weighted by molar-refractivity contribution is 6.33. The Kier molecular flexibility index (Phi) is 7.93. The molecule has 2 amide bonds. The molecule has 4 aliphatic rings. The Balaban J connectivity index is 1.24. The molecule has 1 spiro atoms. The topological polar surface area (TPSA) is 120 Å². The SMILES string of the molecule is C[C@H]1CC2(CCN(C(=O)OC(C)(C)C)CC2)c2c1n(CC(=O)Nc1ccc(C3CC3(F)F)cc1Cl)c1nc(C3=CCOCC3)nn1c2=O. The molecule has 0 bridgehead atoms. The van der Waals surface area contributed by atoms with Crippen LogP contribution in [0.5, 0.6) is 0 Å². The zero-order chi connectivity index (χ0) is 34.2. The number of hydrogen-bond donors (Lipinski definition) is 1. The van der Waals surface area contributed by atoms with Gasteiger partial charge in [0.15, 0.2) is 5.82 Å². The minimum absolute atomic E-state index is 0.0934. The van der Waals surface area contributed by atoms with Crippen LogP contribution in [0, 0.1) is 0 Å². The largest absolute Gasteiger partial charge is 0.444 e. The highest BCUT2D eigenvalue weighted by Gasteiger charge is 2.57. The summed E-state index contributed by atoms with van der Waals surface area (Å²) in [5.74, 6) is -3.45. The van der Waals surface area contributed by atoms with Crippen molar-refractivity contribution in [2.45, 2.75) is 95.1 Å². The van der Waals surface area contributed by atoms with Gasteiger partial charge >= 0.3 is 6.09 Å². The summed E-state index contributed by atoms with van der Waals surface area (Å²) in [5.41, 5.74) is 1.51. The van der Waals surface area contributed by atoms with E-state index in [9.17, 15) is 23.2 Å². The molecule has 1 aromatic carbocycles. The average molecular weight is 685 g/mol. The first-order valence-corrected chi connectivity index (χ1v) is 16.8. The van der Waals surface area contributed by atoms with Crippen LogP contribution in [0.2, 0.25) is 5.02 Å². The van der Waals surface area contributed by atoms with Crippen molar-refractivity contribution in [3.8, 4) is 0 Å². The first-order chi connectivity index (χ1) is 22.7. The lowest BCUT2D eigenvalue weighted by molar-refractivity contribution is -0.116. The molecule has 0 radical (unpaired) electrons. The number of benzene rings is 1. The summed E-state index contributed by atoms with van der Waals surface area (Å²) in [7, 11) is 0. The summed E-state index contributed by atoms with van der Waals surface area (Å²) in [5, 5.41) is 7.65. The Hall–Kier alpha value is -3.84. The molecule has 11 nitrogen and oxygen atoms in total.